The number of methoxy groups -OCH3 is 1. The van der Waals surface area contributed by atoms with Crippen LogP contribution < -0.4 is 10.1 Å². The summed E-state index contributed by atoms with van der Waals surface area (Å²) in [4.78, 5) is 17.0. The SMILES string of the molecule is COc1ccc(C(NC(=O)CCc2ccccc2O)c2nccn2C)cc1. The first-order valence-electron chi connectivity index (χ1n) is 8.76. The molecule has 0 radical (unpaired) electrons. The van der Waals surface area contributed by atoms with E-state index in [-0.39, 0.29) is 24.1 Å². The standard InChI is InChI=1S/C21H23N3O3/c1-24-14-13-22-21(24)20(16-7-10-17(27-2)11-8-16)23-19(26)12-9-15-5-3-4-6-18(15)25/h3-8,10-11,13-14,20,25H,9,12H2,1-2H3,(H,23,26). The first-order valence-corrected chi connectivity index (χ1v) is 8.76. The Morgan fingerprint density at radius 3 is 2.59 bits per heavy atom. The zero-order valence-electron chi connectivity index (χ0n) is 15.4. The molecule has 1 aromatic heterocycles. The fourth-order valence-electron chi connectivity index (χ4n) is 2.95. The van der Waals surface area contributed by atoms with Gasteiger partial charge in [0.25, 0.3) is 0 Å². The number of aromatic nitrogens is 2. The zero-order chi connectivity index (χ0) is 19.2. The van der Waals surface area contributed by atoms with Crippen molar-refractivity contribution >= 4 is 5.91 Å². The monoisotopic (exact) mass is 365 g/mol. The van der Waals surface area contributed by atoms with Crippen LogP contribution >= 0.6 is 0 Å². The molecule has 140 valence electrons. The van der Waals surface area contributed by atoms with Gasteiger partial charge in [0.1, 0.15) is 23.4 Å². The maximum absolute atomic E-state index is 12.6. The van der Waals surface area contributed by atoms with Crippen LogP contribution in [0.25, 0.3) is 0 Å². The Balaban J connectivity index is 1.76. The second kappa shape index (κ2) is 8.40. The molecule has 1 unspecified atom stereocenters. The molecular formula is C21H23N3O3. The number of amides is 1. The minimum atomic E-state index is -0.368. The molecule has 0 aliphatic heterocycles. The third-order valence-corrected chi connectivity index (χ3v) is 4.48. The quantitative estimate of drug-likeness (QED) is 0.675. The molecule has 0 spiro atoms. The Hall–Kier alpha value is -3.28. The van der Waals surface area contributed by atoms with Gasteiger partial charge in [-0.3, -0.25) is 4.79 Å². The summed E-state index contributed by atoms with van der Waals surface area (Å²) in [7, 11) is 3.51. The van der Waals surface area contributed by atoms with Crippen LogP contribution in [0.5, 0.6) is 11.5 Å². The number of hydrogen-bond donors (Lipinski definition) is 2. The van der Waals surface area contributed by atoms with E-state index in [9.17, 15) is 9.90 Å². The Labute approximate surface area is 158 Å². The minimum absolute atomic E-state index is 0.109. The van der Waals surface area contributed by atoms with Crippen molar-refractivity contribution in [1.82, 2.24) is 14.9 Å². The number of hydrogen-bond acceptors (Lipinski definition) is 4. The number of carbonyl (C=O) groups is 1. The Morgan fingerprint density at radius 2 is 1.96 bits per heavy atom. The van der Waals surface area contributed by atoms with Gasteiger partial charge in [-0.15, -0.1) is 0 Å². The summed E-state index contributed by atoms with van der Waals surface area (Å²) in [6.45, 7) is 0. The van der Waals surface area contributed by atoms with Crippen LogP contribution in [0.15, 0.2) is 60.9 Å². The number of nitrogens with zero attached hydrogens (tertiary/aromatic N) is 2. The number of aromatic hydroxyl groups is 1. The summed E-state index contributed by atoms with van der Waals surface area (Å²) >= 11 is 0. The lowest BCUT2D eigenvalue weighted by molar-refractivity contribution is -0.121. The molecule has 3 aromatic rings. The summed E-state index contributed by atoms with van der Waals surface area (Å²) < 4.78 is 7.10. The predicted octanol–water partition coefficient (Wildman–Crippen LogP) is 2.97. The van der Waals surface area contributed by atoms with Crippen LogP contribution in [0.4, 0.5) is 0 Å². The highest BCUT2D eigenvalue weighted by atomic mass is 16.5. The van der Waals surface area contributed by atoms with E-state index >= 15 is 0 Å². The highest BCUT2D eigenvalue weighted by Gasteiger charge is 2.21. The molecule has 0 saturated carbocycles. The topological polar surface area (TPSA) is 76.4 Å². The number of carbonyl (C=O) groups excluding carboxylic acids is 1. The highest BCUT2D eigenvalue weighted by molar-refractivity contribution is 5.77. The predicted molar refractivity (Wildman–Crippen MR) is 103 cm³/mol. The second-order valence-electron chi connectivity index (χ2n) is 6.30. The van der Waals surface area contributed by atoms with E-state index in [2.05, 4.69) is 10.3 Å². The third-order valence-electron chi connectivity index (χ3n) is 4.48. The van der Waals surface area contributed by atoms with Crippen LogP contribution in [0.1, 0.15) is 29.4 Å². The Morgan fingerprint density at radius 1 is 1.22 bits per heavy atom. The molecule has 1 heterocycles. The summed E-state index contributed by atoms with van der Waals surface area (Å²) in [5, 5.41) is 12.9. The number of benzene rings is 2. The maximum Gasteiger partial charge on any atom is 0.221 e. The number of aryl methyl sites for hydroxylation is 2. The lowest BCUT2D eigenvalue weighted by Gasteiger charge is -2.19. The fraction of sp³-hybridized carbons (Fsp3) is 0.238. The molecule has 1 atom stereocenters. The summed E-state index contributed by atoms with van der Waals surface area (Å²) in [6.07, 6.45) is 4.29. The summed E-state index contributed by atoms with van der Waals surface area (Å²) in [6, 6.07) is 14.2. The Kier molecular flexibility index (Phi) is 5.76. The average molecular weight is 365 g/mol. The normalized spacial score (nSPS) is 11.8. The van der Waals surface area contributed by atoms with Gasteiger partial charge < -0.3 is 19.7 Å². The largest absolute Gasteiger partial charge is 0.508 e. The van der Waals surface area contributed by atoms with E-state index in [1.54, 1.807) is 25.4 Å². The van der Waals surface area contributed by atoms with Gasteiger partial charge in [0.2, 0.25) is 5.91 Å². The van der Waals surface area contributed by atoms with Crippen molar-refractivity contribution in [3.05, 3.63) is 77.9 Å². The van der Waals surface area contributed by atoms with Gasteiger partial charge in [-0.05, 0) is 35.7 Å². The number of ether oxygens (including phenoxy) is 1. The molecule has 6 nitrogen and oxygen atoms in total. The van der Waals surface area contributed by atoms with Gasteiger partial charge in [-0.1, -0.05) is 30.3 Å². The van der Waals surface area contributed by atoms with E-state index in [0.29, 0.717) is 6.42 Å². The van der Waals surface area contributed by atoms with Crippen molar-refractivity contribution in [3.8, 4) is 11.5 Å². The van der Waals surface area contributed by atoms with Crippen molar-refractivity contribution in [3.63, 3.8) is 0 Å². The third kappa shape index (κ3) is 4.47. The van der Waals surface area contributed by atoms with Crippen LogP contribution in [0.3, 0.4) is 0 Å². The highest BCUT2D eigenvalue weighted by Crippen LogP contribution is 2.23. The van der Waals surface area contributed by atoms with Crippen LogP contribution in [-0.4, -0.2) is 27.7 Å². The molecule has 2 N–H and O–H groups in total. The van der Waals surface area contributed by atoms with Gasteiger partial charge in [0.15, 0.2) is 0 Å². The van der Waals surface area contributed by atoms with Gasteiger partial charge in [0.05, 0.1) is 7.11 Å². The number of phenols is 1. The molecule has 0 fully saturated rings. The first kappa shape index (κ1) is 18.5. The lowest BCUT2D eigenvalue weighted by atomic mass is 10.0. The molecular weight excluding hydrogens is 342 g/mol. The van der Waals surface area contributed by atoms with Crippen LogP contribution in [0, 0.1) is 0 Å². The molecule has 0 saturated heterocycles. The molecule has 0 aliphatic rings. The van der Waals surface area contributed by atoms with Crippen molar-refractivity contribution in [2.75, 3.05) is 7.11 Å². The molecule has 6 heteroatoms. The van der Waals surface area contributed by atoms with Crippen LogP contribution in [-0.2, 0) is 18.3 Å². The van der Waals surface area contributed by atoms with E-state index in [0.717, 1.165) is 22.7 Å². The number of nitrogens with one attached hydrogen (secondary N) is 1. The van der Waals surface area contributed by atoms with E-state index in [1.165, 1.54) is 0 Å². The number of phenolic OH excluding ortho intramolecular Hbond substituents is 1. The molecule has 0 aliphatic carbocycles. The number of para-hydroxylation sites is 1. The molecule has 2 aromatic carbocycles. The second-order valence-corrected chi connectivity index (χ2v) is 6.30. The average Bonchev–Trinajstić information content (AvgIpc) is 3.11. The van der Waals surface area contributed by atoms with Crippen molar-refractivity contribution in [1.29, 1.82) is 0 Å². The van der Waals surface area contributed by atoms with Gasteiger partial charge >= 0.3 is 0 Å². The van der Waals surface area contributed by atoms with Crippen molar-refractivity contribution in [2.24, 2.45) is 7.05 Å². The fourth-order valence-corrected chi connectivity index (χ4v) is 2.95. The first-order chi connectivity index (χ1) is 13.1. The summed E-state index contributed by atoms with van der Waals surface area (Å²) in [5.74, 6) is 1.60. The maximum atomic E-state index is 12.6. The van der Waals surface area contributed by atoms with Gasteiger partial charge in [-0.25, -0.2) is 4.98 Å². The molecule has 3 rings (SSSR count). The van der Waals surface area contributed by atoms with Crippen LogP contribution in [0.2, 0.25) is 0 Å². The van der Waals surface area contributed by atoms with Gasteiger partial charge in [0, 0.05) is 25.9 Å². The van der Waals surface area contributed by atoms with Crippen molar-refractivity contribution in [2.45, 2.75) is 18.9 Å². The number of imidazole rings is 1. The Bertz CT molecular complexity index is 903. The minimum Gasteiger partial charge on any atom is -0.508 e. The smallest absolute Gasteiger partial charge is 0.221 e. The number of rotatable bonds is 7. The molecule has 0 bridgehead atoms. The molecule has 1 amide bonds. The van der Waals surface area contributed by atoms with Crippen molar-refractivity contribution < 1.29 is 14.6 Å². The van der Waals surface area contributed by atoms with E-state index in [4.69, 9.17) is 4.74 Å². The van der Waals surface area contributed by atoms with E-state index < -0.39 is 0 Å². The summed E-state index contributed by atoms with van der Waals surface area (Å²) in [5.41, 5.74) is 1.67. The van der Waals surface area contributed by atoms with E-state index in [1.807, 2.05) is 54.2 Å². The zero-order valence-corrected chi connectivity index (χ0v) is 15.4. The lowest BCUT2D eigenvalue weighted by Crippen LogP contribution is -2.31. The van der Waals surface area contributed by atoms with Gasteiger partial charge in [-0.2, -0.15) is 0 Å². The molecule has 27 heavy (non-hydrogen) atoms.